The lowest BCUT2D eigenvalue weighted by atomic mass is 9.99. The molecule has 0 fully saturated rings. The molecule has 3 rings (SSSR count). The largest absolute Gasteiger partial charge is 0.494 e. The molecule has 5 heteroatoms. The van der Waals surface area contributed by atoms with Crippen molar-refractivity contribution in [3.8, 4) is 5.75 Å². The zero-order valence-electron chi connectivity index (χ0n) is 15.1. The molecule has 1 amide bonds. The van der Waals surface area contributed by atoms with E-state index in [0.717, 1.165) is 16.7 Å². The van der Waals surface area contributed by atoms with Crippen molar-refractivity contribution in [1.29, 1.82) is 0 Å². The minimum Gasteiger partial charge on any atom is -0.494 e. The molecule has 0 aliphatic rings. The number of anilines is 1. The van der Waals surface area contributed by atoms with Crippen molar-refractivity contribution in [2.24, 2.45) is 0 Å². The summed E-state index contributed by atoms with van der Waals surface area (Å²) in [5.74, 6) is 0.757. The number of fused-ring (bicyclic) bond motifs is 1. The molecule has 0 unspecified atom stereocenters. The highest BCUT2D eigenvalue weighted by molar-refractivity contribution is 6.05. The molecule has 1 heterocycles. The number of benzene rings is 2. The summed E-state index contributed by atoms with van der Waals surface area (Å²) >= 11 is 0. The molecule has 0 aliphatic carbocycles. The number of H-pyrrole nitrogens is 1. The van der Waals surface area contributed by atoms with Gasteiger partial charge in [-0.15, -0.1) is 0 Å². The number of ether oxygens (including phenoxy) is 1. The lowest BCUT2D eigenvalue weighted by molar-refractivity contribution is 0.102. The van der Waals surface area contributed by atoms with E-state index >= 15 is 0 Å². The number of nitrogens with one attached hydrogen (secondary N) is 2. The molecule has 2 N–H and O–H groups in total. The molecule has 0 radical (unpaired) electrons. The molecule has 0 saturated carbocycles. The van der Waals surface area contributed by atoms with Crippen molar-refractivity contribution < 1.29 is 9.53 Å². The van der Waals surface area contributed by atoms with Crippen LogP contribution in [0.15, 0.2) is 53.3 Å². The highest BCUT2D eigenvalue weighted by Gasteiger charge is 2.10. The maximum Gasteiger partial charge on any atom is 0.255 e. The zero-order chi connectivity index (χ0) is 18.7. The van der Waals surface area contributed by atoms with Crippen LogP contribution in [0, 0.1) is 0 Å². The number of carbonyl (C=O) groups excluding carboxylic acids is 1. The van der Waals surface area contributed by atoms with Gasteiger partial charge in [0.1, 0.15) is 5.75 Å². The topological polar surface area (TPSA) is 71.2 Å². The predicted octanol–water partition coefficient (Wildman–Crippen LogP) is 4.30. The van der Waals surface area contributed by atoms with Gasteiger partial charge in [-0.05, 0) is 54.8 Å². The van der Waals surface area contributed by atoms with Crippen LogP contribution in [0.3, 0.4) is 0 Å². The third kappa shape index (κ3) is 3.77. The number of hydrogen-bond donors (Lipinski definition) is 2. The van der Waals surface area contributed by atoms with Crippen LogP contribution in [-0.2, 0) is 0 Å². The highest BCUT2D eigenvalue weighted by Crippen LogP contribution is 2.25. The molecule has 0 bridgehead atoms. The fourth-order valence-corrected chi connectivity index (χ4v) is 2.92. The summed E-state index contributed by atoms with van der Waals surface area (Å²) in [7, 11) is 0. The Morgan fingerprint density at radius 1 is 1.12 bits per heavy atom. The minimum absolute atomic E-state index is 0.142. The fraction of sp³-hybridized carbons (Fsp3) is 0.238. The monoisotopic (exact) mass is 350 g/mol. The third-order valence-electron chi connectivity index (χ3n) is 4.18. The second kappa shape index (κ2) is 7.44. The summed E-state index contributed by atoms with van der Waals surface area (Å²) < 4.78 is 5.38. The second-order valence-electron chi connectivity index (χ2n) is 6.42. The van der Waals surface area contributed by atoms with Gasteiger partial charge < -0.3 is 15.0 Å². The first-order valence-corrected chi connectivity index (χ1v) is 8.69. The molecule has 0 atom stereocenters. The molecule has 0 spiro atoms. The van der Waals surface area contributed by atoms with Gasteiger partial charge >= 0.3 is 0 Å². The Balaban J connectivity index is 1.86. The number of pyridine rings is 1. The standard InChI is InChI=1S/C21H22N2O3/c1-4-26-16-8-5-14(6-9-16)21(25)22-15-7-10-17-18(13(2)3)12-20(24)23-19(17)11-15/h5-13H,4H2,1-3H3,(H,22,25)(H,23,24). The smallest absolute Gasteiger partial charge is 0.255 e. The van der Waals surface area contributed by atoms with Crippen molar-refractivity contribution in [2.45, 2.75) is 26.7 Å². The van der Waals surface area contributed by atoms with Crippen LogP contribution in [0.2, 0.25) is 0 Å². The van der Waals surface area contributed by atoms with Gasteiger partial charge in [0.15, 0.2) is 0 Å². The van der Waals surface area contributed by atoms with E-state index in [1.165, 1.54) is 0 Å². The quantitative estimate of drug-likeness (QED) is 0.720. The summed E-state index contributed by atoms with van der Waals surface area (Å²) in [6.07, 6.45) is 0. The summed E-state index contributed by atoms with van der Waals surface area (Å²) in [5, 5.41) is 3.85. The maximum atomic E-state index is 12.4. The van der Waals surface area contributed by atoms with Gasteiger partial charge in [-0.1, -0.05) is 19.9 Å². The van der Waals surface area contributed by atoms with Gasteiger partial charge in [0.2, 0.25) is 5.56 Å². The molecule has 0 saturated heterocycles. The average molecular weight is 350 g/mol. The van der Waals surface area contributed by atoms with Crippen LogP contribution >= 0.6 is 0 Å². The van der Waals surface area contributed by atoms with Crippen LogP contribution < -0.4 is 15.6 Å². The summed E-state index contributed by atoms with van der Waals surface area (Å²) in [6.45, 7) is 6.60. The number of carbonyl (C=O) groups is 1. The average Bonchev–Trinajstić information content (AvgIpc) is 2.61. The van der Waals surface area contributed by atoms with Crippen molar-refractivity contribution in [3.63, 3.8) is 0 Å². The first kappa shape index (κ1) is 17.7. The molecule has 3 aromatic rings. The lowest BCUT2D eigenvalue weighted by Gasteiger charge is -2.11. The van der Waals surface area contributed by atoms with Crippen LogP contribution in [-0.4, -0.2) is 17.5 Å². The third-order valence-corrected chi connectivity index (χ3v) is 4.18. The van der Waals surface area contributed by atoms with E-state index in [2.05, 4.69) is 24.1 Å². The Morgan fingerprint density at radius 2 is 1.85 bits per heavy atom. The summed E-state index contributed by atoms with van der Waals surface area (Å²) in [5.41, 5.74) is 2.74. The lowest BCUT2D eigenvalue weighted by Crippen LogP contribution is -2.12. The number of aromatic amines is 1. The normalized spacial score (nSPS) is 10.9. The molecule has 134 valence electrons. The van der Waals surface area contributed by atoms with E-state index in [-0.39, 0.29) is 17.4 Å². The number of amides is 1. The first-order valence-electron chi connectivity index (χ1n) is 8.69. The first-order chi connectivity index (χ1) is 12.5. The Kier molecular flexibility index (Phi) is 5.07. The van der Waals surface area contributed by atoms with Gasteiger partial charge in [0, 0.05) is 22.7 Å². The minimum atomic E-state index is -0.213. The Bertz CT molecular complexity index is 988. The number of rotatable bonds is 5. The fourth-order valence-electron chi connectivity index (χ4n) is 2.92. The van der Waals surface area contributed by atoms with Gasteiger partial charge in [-0.25, -0.2) is 0 Å². The molecule has 5 nitrogen and oxygen atoms in total. The van der Waals surface area contributed by atoms with Gasteiger partial charge in [0.05, 0.1) is 12.1 Å². The van der Waals surface area contributed by atoms with Crippen molar-refractivity contribution in [3.05, 3.63) is 70.0 Å². The van der Waals surface area contributed by atoms with E-state index in [4.69, 9.17) is 4.74 Å². The van der Waals surface area contributed by atoms with E-state index in [9.17, 15) is 9.59 Å². The van der Waals surface area contributed by atoms with E-state index in [1.54, 1.807) is 36.4 Å². The maximum absolute atomic E-state index is 12.4. The molecule has 2 aromatic carbocycles. The van der Waals surface area contributed by atoms with Gasteiger partial charge in [0.25, 0.3) is 5.91 Å². The van der Waals surface area contributed by atoms with Crippen LogP contribution in [0.1, 0.15) is 42.6 Å². The molecular formula is C21H22N2O3. The van der Waals surface area contributed by atoms with Gasteiger partial charge in [-0.3, -0.25) is 9.59 Å². The highest BCUT2D eigenvalue weighted by atomic mass is 16.5. The Morgan fingerprint density at radius 3 is 2.50 bits per heavy atom. The Hall–Kier alpha value is -3.08. The van der Waals surface area contributed by atoms with Crippen LogP contribution in [0.5, 0.6) is 5.75 Å². The number of hydrogen-bond acceptors (Lipinski definition) is 3. The predicted molar refractivity (Wildman–Crippen MR) is 104 cm³/mol. The number of aromatic nitrogens is 1. The van der Waals surface area contributed by atoms with Crippen LogP contribution in [0.4, 0.5) is 5.69 Å². The van der Waals surface area contributed by atoms with E-state index in [0.29, 0.717) is 23.4 Å². The van der Waals surface area contributed by atoms with Crippen LogP contribution in [0.25, 0.3) is 10.9 Å². The van der Waals surface area contributed by atoms with E-state index in [1.807, 2.05) is 19.1 Å². The molecule has 26 heavy (non-hydrogen) atoms. The van der Waals surface area contributed by atoms with Crippen molar-refractivity contribution >= 4 is 22.5 Å². The SMILES string of the molecule is CCOc1ccc(C(=O)Nc2ccc3c(C(C)C)cc(=O)[nH]c3c2)cc1. The Labute approximate surface area is 152 Å². The van der Waals surface area contributed by atoms with Gasteiger partial charge in [-0.2, -0.15) is 0 Å². The summed E-state index contributed by atoms with van der Waals surface area (Å²) in [6, 6.07) is 14.2. The molecule has 0 aliphatic heterocycles. The van der Waals surface area contributed by atoms with Crippen molar-refractivity contribution in [1.82, 2.24) is 4.98 Å². The van der Waals surface area contributed by atoms with Crippen molar-refractivity contribution in [2.75, 3.05) is 11.9 Å². The molecular weight excluding hydrogens is 328 g/mol. The summed E-state index contributed by atoms with van der Waals surface area (Å²) in [4.78, 5) is 27.2. The van der Waals surface area contributed by atoms with E-state index < -0.39 is 0 Å². The molecule has 1 aromatic heterocycles. The zero-order valence-corrected chi connectivity index (χ0v) is 15.1. The second-order valence-corrected chi connectivity index (χ2v) is 6.42.